The van der Waals surface area contributed by atoms with Crippen LogP contribution < -0.4 is 10.1 Å². The van der Waals surface area contributed by atoms with Gasteiger partial charge in [0.05, 0.1) is 13.2 Å². The quantitative estimate of drug-likeness (QED) is 0.873. The molecule has 1 atom stereocenters. The van der Waals surface area contributed by atoms with Gasteiger partial charge in [0.1, 0.15) is 5.75 Å². The third-order valence-corrected chi connectivity index (χ3v) is 3.81. The molecule has 4 heteroatoms. The molecule has 2 rings (SSSR count). The molecular weight excluding hydrogens is 330 g/mol. The van der Waals surface area contributed by atoms with Crippen molar-refractivity contribution >= 4 is 21.8 Å². The summed E-state index contributed by atoms with van der Waals surface area (Å²) in [7, 11) is 1.64. The van der Waals surface area contributed by atoms with Crippen LogP contribution in [0.25, 0.3) is 0 Å². The van der Waals surface area contributed by atoms with Gasteiger partial charge in [-0.3, -0.25) is 4.79 Å². The van der Waals surface area contributed by atoms with Gasteiger partial charge in [-0.25, -0.2) is 0 Å². The summed E-state index contributed by atoms with van der Waals surface area (Å²) in [6, 6.07) is 15.1. The second-order valence-corrected chi connectivity index (χ2v) is 5.63. The molecule has 0 fully saturated rings. The van der Waals surface area contributed by atoms with Crippen molar-refractivity contribution in [2.75, 3.05) is 7.11 Å². The monoisotopic (exact) mass is 347 g/mol. The van der Waals surface area contributed by atoms with Gasteiger partial charge in [-0.1, -0.05) is 41.1 Å². The highest BCUT2D eigenvalue weighted by molar-refractivity contribution is 9.10. The predicted octanol–water partition coefficient (Wildman–Crippen LogP) is 4.34. The number of nitrogens with one attached hydrogen (secondary N) is 1. The number of benzene rings is 2. The SMILES string of the molecule is CCC(NC(=O)c1cccc(Br)c1)c1ccc(OC)cc1. The number of halogens is 1. The van der Waals surface area contributed by atoms with Crippen LogP contribution in [0.3, 0.4) is 0 Å². The molecule has 1 N–H and O–H groups in total. The maximum atomic E-state index is 12.3. The van der Waals surface area contributed by atoms with Crippen LogP contribution in [0.15, 0.2) is 53.0 Å². The molecule has 0 aliphatic rings. The summed E-state index contributed by atoms with van der Waals surface area (Å²) in [4.78, 5) is 12.3. The molecule has 2 aromatic carbocycles. The second kappa shape index (κ2) is 7.27. The van der Waals surface area contributed by atoms with E-state index in [1.54, 1.807) is 13.2 Å². The van der Waals surface area contributed by atoms with Crippen molar-refractivity contribution < 1.29 is 9.53 Å². The Morgan fingerprint density at radius 3 is 2.52 bits per heavy atom. The number of carbonyl (C=O) groups is 1. The summed E-state index contributed by atoms with van der Waals surface area (Å²) in [6.45, 7) is 2.05. The van der Waals surface area contributed by atoms with Gasteiger partial charge in [-0.2, -0.15) is 0 Å². The van der Waals surface area contributed by atoms with Gasteiger partial charge in [0.15, 0.2) is 0 Å². The summed E-state index contributed by atoms with van der Waals surface area (Å²) in [5.74, 6) is 0.742. The first kappa shape index (κ1) is 15.6. The van der Waals surface area contributed by atoms with E-state index in [1.165, 1.54) is 0 Å². The van der Waals surface area contributed by atoms with E-state index in [1.807, 2.05) is 42.5 Å². The highest BCUT2D eigenvalue weighted by atomic mass is 79.9. The van der Waals surface area contributed by atoms with Crippen molar-refractivity contribution in [3.05, 3.63) is 64.1 Å². The molecule has 0 spiro atoms. The van der Waals surface area contributed by atoms with Crippen molar-refractivity contribution in [1.29, 1.82) is 0 Å². The molecule has 0 aromatic heterocycles. The lowest BCUT2D eigenvalue weighted by atomic mass is 10.0. The van der Waals surface area contributed by atoms with Crippen LogP contribution >= 0.6 is 15.9 Å². The third kappa shape index (κ3) is 4.08. The molecule has 0 saturated carbocycles. The molecule has 3 nitrogen and oxygen atoms in total. The molecular formula is C17H18BrNO2. The molecule has 0 saturated heterocycles. The zero-order valence-electron chi connectivity index (χ0n) is 12.1. The van der Waals surface area contributed by atoms with E-state index in [4.69, 9.17) is 4.74 Å². The number of methoxy groups -OCH3 is 1. The fraction of sp³-hybridized carbons (Fsp3) is 0.235. The van der Waals surface area contributed by atoms with Crippen LogP contribution in [0.5, 0.6) is 5.75 Å². The summed E-state index contributed by atoms with van der Waals surface area (Å²) < 4.78 is 6.05. The van der Waals surface area contributed by atoms with Gasteiger partial charge in [0, 0.05) is 10.0 Å². The van der Waals surface area contributed by atoms with Gasteiger partial charge in [-0.05, 0) is 42.3 Å². The van der Waals surface area contributed by atoms with Gasteiger partial charge < -0.3 is 10.1 Å². The van der Waals surface area contributed by atoms with Gasteiger partial charge >= 0.3 is 0 Å². The minimum Gasteiger partial charge on any atom is -0.497 e. The molecule has 0 heterocycles. The van der Waals surface area contributed by atoms with Gasteiger partial charge in [0.2, 0.25) is 0 Å². The van der Waals surface area contributed by atoms with Crippen molar-refractivity contribution in [2.45, 2.75) is 19.4 Å². The van der Waals surface area contributed by atoms with E-state index < -0.39 is 0 Å². The number of hydrogen-bond donors (Lipinski definition) is 1. The lowest BCUT2D eigenvalue weighted by molar-refractivity contribution is 0.0935. The molecule has 21 heavy (non-hydrogen) atoms. The zero-order chi connectivity index (χ0) is 15.2. The Morgan fingerprint density at radius 1 is 1.24 bits per heavy atom. The van der Waals surface area contributed by atoms with E-state index in [0.717, 1.165) is 22.2 Å². The Labute approximate surface area is 133 Å². The number of carbonyl (C=O) groups excluding carboxylic acids is 1. The minimum absolute atomic E-state index is 0.0117. The molecule has 0 bridgehead atoms. The first-order valence-electron chi connectivity index (χ1n) is 6.84. The smallest absolute Gasteiger partial charge is 0.251 e. The highest BCUT2D eigenvalue weighted by Gasteiger charge is 2.14. The second-order valence-electron chi connectivity index (χ2n) is 4.72. The summed E-state index contributed by atoms with van der Waals surface area (Å²) >= 11 is 3.38. The van der Waals surface area contributed by atoms with Crippen LogP contribution in [0.1, 0.15) is 35.3 Å². The largest absolute Gasteiger partial charge is 0.497 e. The average Bonchev–Trinajstić information content (AvgIpc) is 2.52. The predicted molar refractivity (Wildman–Crippen MR) is 87.6 cm³/mol. The first-order valence-corrected chi connectivity index (χ1v) is 7.63. The van der Waals surface area contributed by atoms with Crippen molar-refractivity contribution in [1.82, 2.24) is 5.32 Å². The number of ether oxygens (including phenoxy) is 1. The van der Waals surface area contributed by atoms with Crippen molar-refractivity contribution in [3.8, 4) is 5.75 Å². The van der Waals surface area contributed by atoms with Crippen LogP contribution in [-0.4, -0.2) is 13.0 Å². The molecule has 2 aromatic rings. The number of amides is 1. The van der Waals surface area contributed by atoms with Crippen molar-refractivity contribution in [3.63, 3.8) is 0 Å². The van der Waals surface area contributed by atoms with Crippen LogP contribution in [0, 0.1) is 0 Å². The standard InChI is InChI=1S/C17H18BrNO2/c1-3-16(12-7-9-15(21-2)10-8-12)19-17(20)13-5-4-6-14(18)11-13/h4-11,16H,3H2,1-2H3,(H,19,20). The highest BCUT2D eigenvalue weighted by Crippen LogP contribution is 2.21. The molecule has 0 radical (unpaired) electrons. The Kier molecular flexibility index (Phi) is 5.39. The van der Waals surface area contributed by atoms with Crippen molar-refractivity contribution in [2.24, 2.45) is 0 Å². The zero-order valence-corrected chi connectivity index (χ0v) is 13.7. The molecule has 1 amide bonds. The van der Waals surface area contributed by atoms with Crippen LogP contribution in [0.2, 0.25) is 0 Å². The molecule has 0 aliphatic heterocycles. The third-order valence-electron chi connectivity index (χ3n) is 3.32. The van der Waals surface area contributed by atoms with Gasteiger partial charge in [-0.15, -0.1) is 0 Å². The lowest BCUT2D eigenvalue weighted by Crippen LogP contribution is -2.28. The summed E-state index contributed by atoms with van der Waals surface area (Å²) in [5.41, 5.74) is 1.72. The molecule has 1 unspecified atom stereocenters. The maximum absolute atomic E-state index is 12.3. The van der Waals surface area contributed by atoms with E-state index in [9.17, 15) is 4.79 Å². The average molecular weight is 348 g/mol. The lowest BCUT2D eigenvalue weighted by Gasteiger charge is -2.18. The van der Waals surface area contributed by atoms with Gasteiger partial charge in [0.25, 0.3) is 5.91 Å². The molecule has 110 valence electrons. The Hall–Kier alpha value is -1.81. The van der Waals surface area contributed by atoms with E-state index in [2.05, 4.69) is 28.2 Å². The summed E-state index contributed by atoms with van der Waals surface area (Å²) in [6.07, 6.45) is 0.825. The van der Waals surface area contributed by atoms with Crippen LogP contribution in [0.4, 0.5) is 0 Å². The Balaban J connectivity index is 2.12. The first-order chi connectivity index (χ1) is 10.1. The topological polar surface area (TPSA) is 38.3 Å². The van der Waals surface area contributed by atoms with Crippen LogP contribution in [-0.2, 0) is 0 Å². The fourth-order valence-electron chi connectivity index (χ4n) is 2.13. The molecule has 0 aliphatic carbocycles. The summed E-state index contributed by atoms with van der Waals surface area (Å²) in [5, 5.41) is 3.06. The van der Waals surface area contributed by atoms with E-state index in [0.29, 0.717) is 5.56 Å². The fourth-order valence-corrected chi connectivity index (χ4v) is 2.53. The Bertz CT molecular complexity index is 610. The number of hydrogen-bond acceptors (Lipinski definition) is 2. The number of rotatable bonds is 5. The van der Waals surface area contributed by atoms with E-state index in [-0.39, 0.29) is 11.9 Å². The Morgan fingerprint density at radius 2 is 1.95 bits per heavy atom. The normalized spacial score (nSPS) is 11.8. The minimum atomic E-state index is -0.0704. The maximum Gasteiger partial charge on any atom is 0.251 e. The van der Waals surface area contributed by atoms with E-state index >= 15 is 0 Å².